The third-order valence-electron chi connectivity index (χ3n) is 4.68. The number of ether oxygens (including phenoxy) is 2. The van der Waals surface area contributed by atoms with Crippen molar-refractivity contribution in [1.29, 1.82) is 0 Å². The van der Waals surface area contributed by atoms with Crippen LogP contribution >= 0.6 is 11.9 Å². The number of anilines is 1. The number of aliphatic imine (C=N–C) groups is 2. The molecule has 0 aliphatic carbocycles. The van der Waals surface area contributed by atoms with Gasteiger partial charge in [-0.05, 0) is 32.5 Å². The monoisotopic (exact) mass is 474 g/mol. The number of alkyl halides is 2. The van der Waals surface area contributed by atoms with Crippen LogP contribution in [-0.2, 0) is 6.42 Å². The Morgan fingerprint density at radius 3 is 2.55 bits per heavy atom. The number of hydrogen-bond donors (Lipinski definition) is 2. The summed E-state index contributed by atoms with van der Waals surface area (Å²) in [5.74, 6) is 0.231. The van der Waals surface area contributed by atoms with E-state index in [-0.39, 0.29) is 23.3 Å². The molecule has 0 radical (unpaired) electrons. The summed E-state index contributed by atoms with van der Waals surface area (Å²) in [6.45, 7) is 7.40. The van der Waals surface area contributed by atoms with E-state index in [1.807, 2.05) is 38.2 Å². The van der Waals surface area contributed by atoms with Gasteiger partial charge in [-0.25, -0.2) is 8.78 Å². The normalized spacial score (nSPS) is 12.3. The molecule has 0 bridgehead atoms. The van der Waals surface area contributed by atoms with Gasteiger partial charge in [-0.2, -0.15) is 9.97 Å². The molecule has 3 rings (SSSR count). The second-order valence-electron chi connectivity index (χ2n) is 6.70. The summed E-state index contributed by atoms with van der Waals surface area (Å²) in [5.41, 5.74) is 3.28. The van der Waals surface area contributed by atoms with E-state index in [2.05, 4.69) is 36.4 Å². The van der Waals surface area contributed by atoms with E-state index in [0.717, 1.165) is 27.1 Å². The number of H-pyrrole nitrogens is 1. The molecule has 0 saturated carbocycles. The van der Waals surface area contributed by atoms with Gasteiger partial charge in [-0.1, -0.05) is 18.2 Å². The van der Waals surface area contributed by atoms with Crippen molar-refractivity contribution in [3.63, 3.8) is 0 Å². The Hall–Kier alpha value is -3.47. The topological polar surface area (TPSA) is 96.8 Å². The fourth-order valence-electron chi connectivity index (χ4n) is 3.32. The van der Waals surface area contributed by atoms with Gasteiger partial charge in [-0.3, -0.25) is 14.7 Å². The summed E-state index contributed by atoms with van der Waals surface area (Å²) in [6, 6.07) is 5.83. The minimum absolute atomic E-state index is 0.0326. The molecule has 0 atom stereocenters. The number of rotatable bonds is 10. The molecular weight excluding hydrogens is 450 g/mol. The molecule has 174 valence electrons. The first-order valence-electron chi connectivity index (χ1n) is 9.90. The molecule has 2 heterocycles. The number of hydrogen-bond acceptors (Lipinski definition) is 8. The Morgan fingerprint density at radius 2 is 1.97 bits per heavy atom. The molecule has 0 amide bonds. The molecule has 0 saturated heterocycles. The van der Waals surface area contributed by atoms with Gasteiger partial charge < -0.3 is 14.5 Å². The average molecular weight is 475 g/mol. The van der Waals surface area contributed by atoms with E-state index in [9.17, 15) is 8.78 Å². The summed E-state index contributed by atoms with van der Waals surface area (Å²) in [7, 11) is 2.72. The molecule has 0 aliphatic rings. The number of para-hydroxylation sites is 1. The number of benzene rings is 1. The van der Waals surface area contributed by atoms with Crippen molar-refractivity contribution < 1.29 is 18.3 Å². The van der Waals surface area contributed by atoms with Crippen LogP contribution in [0.15, 0.2) is 45.0 Å². The lowest BCUT2D eigenvalue weighted by Crippen LogP contribution is -2.08. The number of fused-ring (bicyclic) bond motifs is 1. The molecule has 3 aromatic rings. The zero-order chi connectivity index (χ0) is 24.0. The lowest BCUT2D eigenvalue weighted by molar-refractivity contribution is 0.146. The maximum Gasteiger partial charge on any atom is 0.243 e. The van der Waals surface area contributed by atoms with Crippen LogP contribution in [0.1, 0.15) is 25.0 Å². The summed E-state index contributed by atoms with van der Waals surface area (Å²) in [4.78, 5) is 21.0. The summed E-state index contributed by atoms with van der Waals surface area (Å²) in [5, 5.41) is 0.938. The van der Waals surface area contributed by atoms with Crippen LogP contribution in [0.2, 0.25) is 0 Å². The lowest BCUT2D eigenvalue weighted by atomic mass is 10.1. The van der Waals surface area contributed by atoms with Crippen molar-refractivity contribution in [2.24, 2.45) is 9.98 Å². The maximum atomic E-state index is 12.9. The van der Waals surface area contributed by atoms with Crippen LogP contribution < -0.4 is 14.2 Å². The number of aromatic nitrogens is 3. The van der Waals surface area contributed by atoms with Crippen LogP contribution in [0, 0.1) is 0 Å². The average Bonchev–Trinajstić information content (AvgIpc) is 3.22. The highest BCUT2D eigenvalue weighted by molar-refractivity contribution is 8.00. The molecule has 11 heteroatoms. The van der Waals surface area contributed by atoms with Crippen LogP contribution in [-0.4, -0.2) is 48.5 Å². The molecule has 2 N–H and O–H groups in total. The predicted molar refractivity (Wildman–Crippen MR) is 129 cm³/mol. The van der Waals surface area contributed by atoms with Crippen molar-refractivity contribution in [1.82, 2.24) is 15.0 Å². The van der Waals surface area contributed by atoms with Gasteiger partial charge in [0.1, 0.15) is 0 Å². The van der Waals surface area contributed by atoms with Gasteiger partial charge in [0.15, 0.2) is 0 Å². The fraction of sp³-hybridized carbons (Fsp3) is 0.273. The highest BCUT2D eigenvalue weighted by Crippen LogP contribution is 2.35. The Balaban J connectivity index is 1.93. The predicted octanol–water partition coefficient (Wildman–Crippen LogP) is 5.38. The Labute approximate surface area is 194 Å². The van der Waals surface area contributed by atoms with Crippen LogP contribution in [0.4, 0.5) is 14.7 Å². The van der Waals surface area contributed by atoms with Gasteiger partial charge in [0.2, 0.25) is 24.1 Å². The minimum Gasteiger partial charge on any atom is -0.481 e. The van der Waals surface area contributed by atoms with Crippen LogP contribution in [0.5, 0.6) is 11.8 Å². The molecular formula is C22H24F2N6O2S. The maximum absolute atomic E-state index is 12.9. The number of halogens is 2. The first-order chi connectivity index (χ1) is 15.9. The van der Waals surface area contributed by atoms with E-state index in [1.165, 1.54) is 26.2 Å². The second kappa shape index (κ2) is 10.9. The van der Waals surface area contributed by atoms with Crippen molar-refractivity contribution in [2.75, 3.05) is 18.9 Å². The third kappa shape index (κ3) is 5.30. The van der Waals surface area contributed by atoms with E-state index in [1.54, 1.807) is 6.21 Å². The van der Waals surface area contributed by atoms with Crippen LogP contribution in [0.25, 0.3) is 16.6 Å². The molecule has 2 aromatic heterocycles. The highest BCUT2D eigenvalue weighted by Gasteiger charge is 2.20. The molecule has 0 unspecified atom stereocenters. The first kappa shape index (κ1) is 24.2. The minimum atomic E-state index is -2.58. The second-order valence-corrected chi connectivity index (χ2v) is 7.55. The molecule has 1 aromatic carbocycles. The van der Waals surface area contributed by atoms with Gasteiger partial charge in [0.25, 0.3) is 0 Å². The highest BCUT2D eigenvalue weighted by atomic mass is 32.2. The van der Waals surface area contributed by atoms with Gasteiger partial charge in [-0.15, -0.1) is 0 Å². The van der Waals surface area contributed by atoms with E-state index >= 15 is 0 Å². The van der Waals surface area contributed by atoms with Gasteiger partial charge in [0, 0.05) is 29.8 Å². The SMILES string of the molecule is C=N/C(=C(/C)N=CC)c1cccc2c(SNc3nc(OC)c(CC(F)F)c(OC)n3)c[nH]c12. The summed E-state index contributed by atoms with van der Waals surface area (Å²) < 4.78 is 39.3. The van der Waals surface area contributed by atoms with Crippen molar-refractivity contribution in [3.05, 3.63) is 41.2 Å². The quantitative estimate of drug-likeness (QED) is 0.302. The van der Waals surface area contributed by atoms with E-state index in [0.29, 0.717) is 5.70 Å². The largest absolute Gasteiger partial charge is 0.481 e. The lowest BCUT2D eigenvalue weighted by Gasteiger charge is -2.13. The summed E-state index contributed by atoms with van der Waals surface area (Å²) in [6.07, 6.45) is 0.389. The van der Waals surface area contributed by atoms with Crippen molar-refractivity contribution in [3.8, 4) is 11.8 Å². The van der Waals surface area contributed by atoms with Gasteiger partial charge in [0.05, 0.1) is 41.6 Å². The Bertz CT molecular complexity index is 1180. The Morgan fingerprint density at radius 1 is 1.27 bits per heavy atom. The molecule has 0 aliphatic heterocycles. The fourth-order valence-corrected chi connectivity index (χ4v) is 4.01. The van der Waals surface area contributed by atoms with E-state index in [4.69, 9.17) is 9.47 Å². The molecule has 8 nitrogen and oxygen atoms in total. The number of aromatic amines is 1. The number of nitrogens with one attached hydrogen (secondary N) is 2. The molecule has 0 spiro atoms. The number of allylic oxidation sites excluding steroid dienone is 1. The smallest absolute Gasteiger partial charge is 0.243 e. The Kier molecular flexibility index (Phi) is 7.99. The third-order valence-corrected chi connectivity index (χ3v) is 5.53. The summed E-state index contributed by atoms with van der Waals surface area (Å²) >= 11 is 1.26. The molecule has 33 heavy (non-hydrogen) atoms. The standard InChI is InChI=1S/C22H24F2N6O2S/c1-6-26-12(2)18(25-3)14-9-7-8-13-16(11-27-19(13)14)33-30-22-28-20(31-4)15(10-17(23)24)21(29-22)32-5/h6-9,11,17,27H,3,10H2,1-2,4-5H3,(H,28,29,30)/b18-12-,26-6?. The van der Waals surface area contributed by atoms with Crippen LogP contribution in [0.3, 0.4) is 0 Å². The number of methoxy groups -OCH3 is 2. The van der Waals surface area contributed by atoms with E-state index < -0.39 is 12.8 Å². The number of nitrogens with zero attached hydrogens (tertiary/aromatic N) is 4. The zero-order valence-electron chi connectivity index (χ0n) is 18.6. The van der Waals surface area contributed by atoms with Gasteiger partial charge >= 0.3 is 0 Å². The first-order valence-corrected chi connectivity index (χ1v) is 10.7. The van der Waals surface area contributed by atoms with Crippen molar-refractivity contribution >= 4 is 47.4 Å². The zero-order valence-corrected chi connectivity index (χ0v) is 19.5. The van der Waals surface area contributed by atoms with Crippen molar-refractivity contribution in [2.45, 2.75) is 31.6 Å². The molecule has 0 fully saturated rings.